The van der Waals surface area contributed by atoms with Gasteiger partial charge in [0.15, 0.2) is 0 Å². The summed E-state index contributed by atoms with van der Waals surface area (Å²) in [7, 11) is 0. The van der Waals surface area contributed by atoms with Crippen LogP contribution in [-0.4, -0.2) is 36.3 Å². The van der Waals surface area contributed by atoms with E-state index in [4.69, 9.17) is 16.3 Å². The Morgan fingerprint density at radius 2 is 1.73 bits per heavy atom. The summed E-state index contributed by atoms with van der Waals surface area (Å²) < 4.78 is 4.96. The third-order valence-corrected chi connectivity index (χ3v) is 5.99. The van der Waals surface area contributed by atoms with Crippen molar-refractivity contribution in [3.63, 3.8) is 0 Å². The highest BCUT2D eigenvalue weighted by Crippen LogP contribution is 2.33. The third-order valence-electron chi connectivity index (χ3n) is 5.64. The first-order valence-electron chi connectivity index (χ1n) is 11.6. The minimum Gasteiger partial charge on any atom is -0.462 e. The molecule has 0 saturated carbocycles. The number of halogens is 1. The minimum atomic E-state index is -1.09. The largest absolute Gasteiger partial charge is 0.462 e. The predicted molar refractivity (Wildman–Crippen MR) is 142 cm³/mol. The van der Waals surface area contributed by atoms with Crippen LogP contribution in [0.15, 0.2) is 78.9 Å². The van der Waals surface area contributed by atoms with Crippen LogP contribution in [0, 0.1) is 0 Å². The first-order valence-corrected chi connectivity index (χ1v) is 12.0. The molecule has 1 heterocycles. The summed E-state index contributed by atoms with van der Waals surface area (Å²) >= 11 is 6.20. The molecule has 1 aliphatic rings. The lowest BCUT2D eigenvalue weighted by Gasteiger charge is -2.35. The number of carbonyl (C=O) groups is 4. The quantitative estimate of drug-likeness (QED) is 0.342. The van der Waals surface area contributed by atoms with Crippen molar-refractivity contribution >= 4 is 58.4 Å². The van der Waals surface area contributed by atoms with Crippen LogP contribution >= 0.6 is 11.6 Å². The van der Waals surface area contributed by atoms with Crippen molar-refractivity contribution in [2.45, 2.75) is 19.4 Å². The number of ether oxygens (including phenoxy) is 1. The van der Waals surface area contributed by atoms with E-state index < -0.39 is 29.7 Å². The molecule has 1 unspecified atom stereocenters. The number of esters is 1. The van der Waals surface area contributed by atoms with E-state index >= 15 is 0 Å². The van der Waals surface area contributed by atoms with E-state index in [2.05, 4.69) is 10.6 Å². The van der Waals surface area contributed by atoms with Gasteiger partial charge in [0.1, 0.15) is 6.04 Å². The van der Waals surface area contributed by atoms with Gasteiger partial charge in [-0.25, -0.2) is 4.79 Å². The van der Waals surface area contributed by atoms with Gasteiger partial charge >= 0.3 is 5.97 Å². The normalized spacial score (nSPS) is 14.6. The standard InChI is InChI=1S/C28H24ClN3O5/c1-2-37-28(36)19-11-14-20(15-12-19)30-25(33)17-24-27(35)31-22-9-5-6-10-23(22)32(24)26(34)16-13-18-7-3-4-8-21(18)29/h3-16,24H,2,17H2,1H3,(H,30,33)(H,31,35). The molecule has 9 heteroatoms. The summed E-state index contributed by atoms with van der Waals surface area (Å²) in [5.74, 6) is -1.89. The van der Waals surface area contributed by atoms with Gasteiger partial charge in [-0.3, -0.25) is 19.3 Å². The van der Waals surface area contributed by atoms with Crippen molar-refractivity contribution in [2.24, 2.45) is 0 Å². The van der Waals surface area contributed by atoms with Crippen LogP contribution in [0.5, 0.6) is 0 Å². The molecular weight excluding hydrogens is 494 g/mol. The van der Waals surface area contributed by atoms with Gasteiger partial charge in [0, 0.05) is 16.8 Å². The smallest absolute Gasteiger partial charge is 0.338 e. The first-order chi connectivity index (χ1) is 17.9. The molecule has 3 aromatic carbocycles. The molecule has 4 rings (SSSR count). The summed E-state index contributed by atoms with van der Waals surface area (Å²) in [5.41, 5.74) is 2.38. The maximum atomic E-state index is 13.3. The number of para-hydroxylation sites is 2. The molecule has 0 aromatic heterocycles. The average Bonchev–Trinajstić information content (AvgIpc) is 2.89. The number of nitrogens with zero attached hydrogens (tertiary/aromatic N) is 1. The Hall–Kier alpha value is -4.43. The van der Waals surface area contributed by atoms with Crippen LogP contribution in [0.4, 0.5) is 17.1 Å². The molecule has 8 nitrogen and oxygen atoms in total. The number of rotatable bonds is 7. The highest BCUT2D eigenvalue weighted by Gasteiger charge is 2.37. The number of carbonyl (C=O) groups excluding carboxylic acids is 4. The zero-order valence-corrected chi connectivity index (χ0v) is 20.7. The zero-order chi connectivity index (χ0) is 26.4. The SMILES string of the molecule is CCOC(=O)c1ccc(NC(=O)CC2C(=O)Nc3ccccc3N2C(=O)C=Cc2ccccc2Cl)cc1. The summed E-state index contributed by atoms with van der Waals surface area (Å²) in [6.45, 7) is 1.97. The molecule has 3 aromatic rings. The highest BCUT2D eigenvalue weighted by atomic mass is 35.5. The molecular formula is C28H24ClN3O5. The summed E-state index contributed by atoms with van der Waals surface area (Å²) in [4.78, 5) is 52.4. The molecule has 37 heavy (non-hydrogen) atoms. The van der Waals surface area contributed by atoms with Crippen molar-refractivity contribution < 1.29 is 23.9 Å². The zero-order valence-electron chi connectivity index (χ0n) is 19.9. The lowest BCUT2D eigenvalue weighted by molar-refractivity contribution is -0.124. The van der Waals surface area contributed by atoms with Crippen LogP contribution in [0.2, 0.25) is 5.02 Å². The Morgan fingerprint density at radius 1 is 1.03 bits per heavy atom. The lowest BCUT2D eigenvalue weighted by atomic mass is 10.0. The van der Waals surface area contributed by atoms with Gasteiger partial charge in [-0.05, 0) is 61.0 Å². The summed E-state index contributed by atoms with van der Waals surface area (Å²) in [6.07, 6.45) is 2.61. The van der Waals surface area contributed by atoms with E-state index in [1.165, 1.54) is 23.1 Å². The molecule has 0 aliphatic carbocycles. The fraction of sp³-hybridized carbons (Fsp3) is 0.143. The van der Waals surface area contributed by atoms with E-state index in [1.54, 1.807) is 73.7 Å². The van der Waals surface area contributed by atoms with E-state index in [0.29, 0.717) is 33.2 Å². The van der Waals surface area contributed by atoms with Gasteiger partial charge in [0.25, 0.3) is 5.91 Å². The van der Waals surface area contributed by atoms with Gasteiger partial charge in [-0.1, -0.05) is 41.9 Å². The van der Waals surface area contributed by atoms with Crippen LogP contribution in [0.1, 0.15) is 29.3 Å². The van der Waals surface area contributed by atoms with Crippen molar-refractivity contribution in [3.8, 4) is 0 Å². The van der Waals surface area contributed by atoms with Crippen molar-refractivity contribution in [2.75, 3.05) is 22.1 Å². The van der Waals surface area contributed by atoms with Gasteiger partial charge < -0.3 is 15.4 Å². The molecule has 1 atom stereocenters. The molecule has 188 valence electrons. The second-order valence-corrected chi connectivity index (χ2v) is 8.54. The number of hydrogen-bond acceptors (Lipinski definition) is 5. The molecule has 0 spiro atoms. The molecule has 0 fully saturated rings. The molecule has 0 bridgehead atoms. The second-order valence-electron chi connectivity index (χ2n) is 8.14. The number of hydrogen-bond donors (Lipinski definition) is 2. The Balaban J connectivity index is 1.54. The minimum absolute atomic E-state index is 0.257. The fourth-order valence-electron chi connectivity index (χ4n) is 3.89. The lowest BCUT2D eigenvalue weighted by Crippen LogP contribution is -2.52. The average molecular weight is 518 g/mol. The fourth-order valence-corrected chi connectivity index (χ4v) is 4.09. The van der Waals surface area contributed by atoms with Crippen molar-refractivity contribution in [1.29, 1.82) is 0 Å². The van der Waals surface area contributed by atoms with Crippen molar-refractivity contribution in [1.82, 2.24) is 0 Å². The maximum absolute atomic E-state index is 13.3. The Bertz CT molecular complexity index is 1370. The summed E-state index contributed by atoms with van der Waals surface area (Å²) in [6, 6.07) is 19.1. The molecule has 1 aliphatic heterocycles. The van der Waals surface area contributed by atoms with E-state index in [1.807, 2.05) is 0 Å². The van der Waals surface area contributed by atoms with Gasteiger partial charge in [0.05, 0.1) is 30.0 Å². The van der Waals surface area contributed by atoms with Gasteiger partial charge in [-0.2, -0.15) is 0 Å². The van der Waals surface area contributed by atoms with Crippen LogP contribution in [-0.2, 0) is 19.1 Å². The number of fused-ring (bicyclic) bond motifs is 1. The van der Waals surface area contributed by atoms with E-state index in [0.717, 1.165) is 0 Å². The maximum Gasteiger partial charge on any atom is 0.338 e. The molecule has 3 amide bonds. The Labute approximate surface area is 218 Å². The number of benzene rings is 3. The first kappa shape index (κ1) is 25.7. The van der Waals surface area contributed by atoms with Crippen LogP contribution < -0.4 is 15.5 Å². The number of nitrogens with one attached hydrogen (secondary N) is 2. The number of amides is 3. The highest BCUT2D eigenvalue weighted by molar-refractivity contribution is 6.32. The van der Waals surface area contributed by atoms with E-state index in [-0.39, 0.29) is 13.0 Å². The van der Waals surface area contributed by atoms with Crippen molar-refractivity contribution in [3.05, 3.63) is 95.0 Å². The monoisotopic (exact) mass is 517 g/mol. The van der Waals surface area contributed by atoms with Crippen LogP contribution in [0.25, 0.3) is 6.08 Å². The Kier molecular flexibility index (Phi) is 8.00. The van der Waals surface area contributed by atoms with Gasteiger partial charge in [-0.15, -0.1) is 0 Å². The molecule has 0 radical (unpaired) electrons. The molecule has 2 N–H and O–H groups in total. The second kappa shape index (κ2) is 11.5. The van der Waals surface area contributed by atoms with E-state index in [9.17, 15) is 19.2 Å². The number of anilines is 3. The van der Waals surface area contributed by atoms with Gasteiger partial charge in [0.2, 0.25) is 11.8 Å². The van der Waals surface area contributed by atoms with Crippen LogP contribution in [0.3, 0.4) is 0 Å². The predicted octanol–water partition coefficient (Wildman–Crippen LogP) is 4.91. The topological polar surface area (TPSA) is 105 Å². The molecule has 0 saturated heterocycles. The Morgan fingerprint density at radius 3 is 2.46 bits per heavy atom. The summed E-state index contributed by atoms with van der Waals surface area (Å²) in [5, 5.41) is 5.96. The third kappa shape index (κ3) is 6.05.